The van der Waals surface area contributed by atoms with Crippen molar-refractivity contribution in [2.24, 2.45) is 4.99 Å². The highest BCUT2D eigenvalue weighted by Gasteiger charge is 2.14. The van der Waals surface area contributed by atoms with Crippen LogP contribution >= 0.6 is 22.7 Å². The highest BCUT2D eigenvalue weighted by atomic mass is 32.1. The molecule has 130 valence electrons. The summed E-state index contributed by atoms with van der Waals surface area (Å²) in [6.45, 7) is 6.19. The van der Waals surface area contributed by atoms with Gasteiger partial charge in [0, 0.05) is 0 Å². The molecule has 0 saturated heterocycles. The number of esters is 1. The minimum absolute atomic E-state index is 0.0346. The topological polar surface area (TPSA) is 60.7 Å². The zero-order valence-corrected chi connectivity index (χ0v) is 15.9. The highest BCUT2D eigenvalue weighted by Crippen LogP contribution is 2.22. The number of aryl methyl sites for hydroxylation is 2. The molecular formula is C18H18N2O3S2. The van der Waals surface area contributed by atoms with Gasteiger partial charge in [-0.25, -0.2) is 0 Å². The second-order valence-corrected chi connectivity index (χ2v) is 7.53. The van der Waals surface area contributed by atoms with Gasteiger partial charge < -0.3 is 9.30 Å². The maximum absolute atomic E-state index is 12.4. The average Bonchev–Trinajstić information content (AvgIpc) is 3.19. The number of carbonyl (C=O) groups is 2. The van der Waals surface area contributed by atoms with Crippen LogP contribution in [0.5, 0.6) is 0 Å². The second kappa shape index (κ2) is 7.33. The molecule has 0 aliphatic carbocycles. The third-order valence-electron chi connectivity index (χ3n) is 3.82. The molecule has 25 heavy (non-hydrogen) atoms. The van der Waals surface area contributed by atoms with E-state index in [4.69, 9.17) is 4.74 Å². The van der Waals surface area contributed by atoms with E-state index >= 15 is 0 Å². The smallest absolute Gasteiger partial charge is 0.326 e. The molecule has 3 aromatic rings. The molecule has 0 radical (unpaired) electrons. The molecule has 2 aromatic heterocycles. The molecule has 0 atom stereocenters. The van der Waals surface area contributed by atoms with Gasteiger partial charge in [0.15, 0.2) is 4.80 Å². The molecule has 1 aromatic carbocycles. The van der Waals surface area contributed by atoms with E-state index in [0.717, 1.165) is 21.3 Å². The van der Waals surface area contributed by atoms with Gasteiger partial charge in [-0.05, 0) is 55.5 Å². The van der Waals surface area contributed by atoms with Gasteiger partial charge in [-0.15, -0.1) is 11.3 Å². The van der Waals surface area contributed by atoms with Gasteiger partial charge in [0.2, 0.25) is 0 Å². The Hall–Kier alpha value is -2.25. The zero-order valence-electron chi connectivity index (χ0n) is 14.2. The fourth-order valence-electron chi connectivity index (χ4n) is 2.44. The summed E-state index contributed by atoms with van der Waals surface area (Å²) < 4.78 is 7.82. The first kappa shape index (κ1) is 17.6. The van der Waals surface area contributed by atoms with Crippen LogP contribution in [0.1, 0.15) is 27.7 Å². The lowest BCUT2D eigenvalue weighted by Gasteiger charge is -2.06. The SMILES string of the molecule is CCOC(=O)Cn1c(=NC(=O)c2cccs2)sc2cc(C)c(C)cc21. The van der Waals surface area contributed by atoms with Crippen LogP contribution in [0.4, 0.5) is 0 Å². The Kier molecular flexibility index (Phi) is 5.15. The standard InChI is InChI=1S/C18H18N2O3S2/c1-4-23-16(21)10-20-13-8-11(2)12(3)9-15(13)25-18(20)19-17(22)14-6-5-7-24-14/h5-9H,4,10H2,1-3H3. The summed E-state index contributed by atoms with van der Waals surface area (Å²) in [6, 6.07) is 7.65. The lowest BCUT2D eigenvalue weighted by atomic mass is 10.1. The van der Waals surface area contributed by atoms with Crippen molar-refractivity contribution in [1.29, 1.82) is 0 Å². The Morgan fingerprint density at radius 3 is 2.68 bits per heavy atom. The molecule has 7 heteroatoms. The molecule has 0 unspecified atom stereocenters. The molecular weight excluding hydrogens is 356 g/mol. The zero-order chi connectivity index (χ0) is 18.0. The van der Waals surface area contributed by atoms with Crippen molar-refractivity contribution < 1.29 is 14.3 Å². The van der Waals surface area contributed by atoms with Gasteiger partial charge in [-0.3, -0.25) is 9.59 Å². The maximum atomic E-state index is 12.4. The molecule has 0 N–H and O–H groups in total. The Labute approximate surface area is 153 Å². The Bertz CT molecular complexity index is 997. The number of thiophene rings is 1. The quantitative estimate of drug-likeness (QED) is 0.655. The number of carbonyl (C=O) groups excluding carboxylic acids is 2. The monoisotopic (exact) mass is 374 g/mol. The number of amides is 1. The lowest BCUT2D eigenvalue weighted by molar-refractivity contribution is -0.143. The summed E-state index contributed by atoms with van der Waals surface area (Å²) in [5, 5.41) is 1.84. The summed E-state index contributed by atoms with van der Waals surface area (Å²) >= 11 is 2.76. The second-order valence-electron chi connectivity index (χ2n) is 5.57. The fraction of sp³-hybridized carbons (Fsp3) is 0.278. The molecule has 0 fully saturated rings. The third-order valence-corrected chi connectivity index (χ3v) is 5.72. The van der Waals surface area contributed by atoms with Gasteiger partial charge in [0.25, 0.3) is 5.91 Å². The highest BCUT2D eigenvalue weighted by molar-refractivity contribution is 7.16. The van der Waals surface area contributed by atoms with Crippen molar-refractivity contribution in [1.82, 2.24) is 4.57 Å². The summed E-state index contributed by atoms with van der Waals surface area (Å²) in [6.07, 6.45) is 0. The molecule has 0 spiro atoms. The van der Waals surface area contributed by atoms with E-state index in [9.17, 15) is 9.59 Å². The van der Waals surface area contributed by atoms with Crippen LogP contribution < -0.4 is 4.80 Å². The molecule has 1 amide bonds. The number of hydrogen-bond donors (Lipinski definition) is 0. The average molecular weight is 374 g/mol. The number of aromatic nitrogens is 1. The van der Waals surface area contributed by atoms with Crippen LogP contribution in [0, 0.1) is 13.8 Å². The van der Waals surface area contributed by atoms with Crippen LogP contribution in [0.2, 0.25) is 0 Å². The van der Waals surface area contributed by atoms with Crippen LogP contribution in [-0.2, 0) is 16.1 Å². The number of rotatable bonds is 4. The fourth-order valence-corrected chi connectivity index (χ4v) is 4.15. The first-order valence-electron chi connectivity index (χ1n) is 7.88. The minimum Gasteiger partial charge on any atom is -0.465 e. The van der Waals surface area contributed by atoms with Crippen LogP contribution in [0.25, 0.3) is 10.2 Å². The lowest BCUT2D eigenvalue weighted by Crippen LogP contribution is -2.23. The number of hydrogen-bond acceptors (Lipinski definition) is 5. The van der Waals surface area contributed by atoms with E-state index in [2.05, 4.69) is 11.1 Å². The molecule has 0 saturated carbocycles. The minimum atomic E-state index is -0.342. The van der Waals surface area contributed by atoms with Crippen molar-refractivity contribution >= 4 is 44.8 Å². The van der Waals surface area contributed by atoms with Crippen molar-refractivity contribution in [3.05, 3.63) is 50.5 Å². The van der Waals surface area contributed by atoms with Gasteiger partial charge in [0.05, 0.1) is 21.7 Å². The van der Waals surface area contributed by atoms with Crippen LogP contribution in [0.3, 0.4) is 0 Å². The normalized spacial score (nSPS) is 11.9. The van der Waals surface area contributed by atoms with E-state index < -0.39 is 0 Å². The van der Waals surface area contributed by atoms with E-state index in [1.807, 2.05) is 31.4 Å². The summed E-state index contributed by atoms with van der Waals surface area (Å²) in [5.41, 5.74) is 3.17. The largest absolute Gasteiger partial charge is 0.465 e. The van der Waals surface area contributed by atoms with E-state index in [-0.39, 0.29) is 18.4 Å². The molecule has 0 aliphatic heterocycles. The summed E-state index contributed by atoms with van der Waals surface area (Å²) in [4.78, 5) is 29.7. The summed E-state index contributed by atoms with van der Waals surface area (Å²) in [5.74, 6) is -0.641. The van der Waals surface area contributed by atoms with Crippen LogP contribution in [-0.4, -0.2) is 23.1 Å². The van der Waals surface area contributed by atoms with Gasteiger partial charge in [0.1, 0.15) is 6.54 Å². The number of fused-ring (bicyclic) bond motifs is 1. The van der Waals surface area contributed by atoms with E-state index in [1.165, 1.54) is 22.7 Å². The third kappa shape index (κ3) is 3.72. The number of nitrogens with zero attached hydrogens (tertiary/aromatic N) is 2. The molecule has 0 aliphatic rings. The number of benzene rings is 1. The van der Waals surface area contributed by atoms with E-state index in [0.29, 0.717) is 16.3 Å². The van der Waals surface area contributed by atoms with Crippen molar-refractivity contribution in [2.75, 3.05) is 6.61 Å². The maximum Gasteiger partial charge on any atom is 0.326 e. The summed E-state index contributed by atoms with van der Waals surface area (Å²) in [7, 11) is 0. The molecule has 2 heterocycles. The predicted octanol–water partition coefficient (Wildman–Crippen LogP) is 3.69. The Morgan fingerprint density at radius 1 is 1.24 bits per heavy atom. The van der Waals surface area contributed by atoms with Crippen LogP contribution in [0.15, 0.2) is 34.6 Å². The van der Waals surface area contributed by atoms with E-state index in [1.54, 1.807) is 17.6 Å². The number of ether oxygens (including phenoxy) is 1. The van der Waals surface area contributed by atoms with Gasteiger partial charge >= 0.3 is 5.97 Å². The van der Waals surface area contributed by atoms with Gasteiger partial charge in [-0.1, -0.05) is 17.4 Å². The number of thiazole rings is 1. The molecule has 5 nitrogen and oxygen atoms in total. The Morgan fingerprint density at radius 2 is 2.00 bits per heavy atom. The van der Waals surface area contributed by atoms with Crippen molar-refractivity contribution in [3.63, 3.8) is 0 Å². The first-order valence-corrected chi connectivity index (χ1v) is 9.58. The molecule has 0 bridgehead atoms. The van der Waals surface area contributed by atoms with Gasteiger partial charge in [-0.2, -0.15) is 4.99 Å². The first-order chi connectivity index (χ1) is 12.0. The van der Waals surface area contributed by atoms with Crippen molar-refractivity contribution in [3.8, 4) is 0 Å². The Balaban J connectivity index is 2.15. The molecule has 3 rings (SSSR count). The predicted molar refractivity (Wildman–Crippen MR) is 100 cm³/mol. The van der Waals surface area contributed by atoms with Crippen molar-refractivity contribution in [2.45, 2.75) is 27.3 Å².